The molecule has 5 aromatic rings. The summed E-state index contributed by atoms with van der Waals surface area (Å²) < 4.78 is 17.0. The maximum atomic E-state index is 12.5. The van der Waals surface area contributed by atoms with E-state index in [-0.39, 0.29) is 5.11 Å². The second-order valence-corrected chi connectivity index (χ2v) is 9.64. The number of oxazole rings is 1. The predicted octanol–water partition coefficient (Wildman–Crippen LogP) is 7.56. The number of carbonyl (C=O) groups is 1. The van der Waals surface area contributed by atoms with Crippen LogP contribution in [0.1, 0.15) is 16.9 Å². The smallest absolute Gasteiger partial charge is 0.250 e. The molecular weight excluding hydrogens is 534 g/mol. The van der Waals surface area contributed by atoms with Crippen molar-refractivity contribution in [1.82, 2.24) is 10.3 Å². The van der Waals surface area contributed by atoms with Gasteiger partial charge < -0.3 is 18.9 Å². The zero-order valence-corrected chi connectivity index (χ0v) is 22.9. The number of benzene rings is 3. The third kappa shape index (κ3) is 6.03. The summed E-state index contributed by atoms with van der Waals surface area (Å²) in [5.41, 5.74) is 5.60. The fraction of sp³-hybridized carbons (Fsp3) is 0.100. The lowest BCUT2D eigenvalue weighted by molar-refractivity contribution is -0.115. The molecular formula is C30H24ClN3O4S. The molecule has 2 heterocycles. The zero-order chi connectivity index (χ0) is 27.5. The maximum absolute atomic E-state index is 12.5. The van der Waals surface area contributed by atoms with E-state index in [9.17, 15) is 4.79 Å². The number of furan rings is 1. The highest BCUT2D eigenvalue weighted by atomic mass is 35.5. The summed E-state index contributed by atoms with van der Waals surface area (Å²) in [5.74, 6) is 1.95. The first-order valence-corrected chi connectivity index (χ1v) is 12.8. The van der Waals surface area contributed by atoms with Gasteiger partial charge in [0.05, 0.1) is 7.11 Å². The van der Waals surface area contributed by atoms with Crippen LogP contribution in [-0.4, -0.2) is 23.1 Å². The summed E-state index contributed by atoms with van der Waals surface area (Å²) in [7, 11) is 1.60. The fourth-order valence-electron chi connectivity index (χ4n) is 3.86. The molecule has 7 nitrogen and oxygen atoms in total. The van der Waals surface area contributed by atoms with E-state index in [0.717, 1.165) is 22.3 Å². The number of hydrogen-bond acceptors (Lipinski definition) is 6. The average Bonchev–Trinajstić information content (AvgIpc) is 3.57. The molecule has 2 aromatic heterocycles. The van der Waals surface area contributed by atoms with E-state index >= 15 is 0 Å². The highest BCUT2D eigenvalue weighted by Crippen LogP contribution is 2.30. The van der Waals surface area contributed by atoms with Crippen LogP contribution in [-0.2, 0) is 4.79 Å². The number of rotatable bonds is 6. The van der Waals surface area contributed by atoms with Gasteiger partial charge in [-0.3, -0.25) is 10.1 Å². The van der Waals surface area contributed by atoms with Crippen molar-refractivity contribution >= 4 is 57.7 Å². The van der Waals surface area contributed by atoms with Crippen molar-refractivity contribution in [3.8, 4) is 28.5 Å². The van der Waals surface area contributed by atoms with Crippen LogP contribution in [0, 0.1) is 13.8 Å². The Morgan fingerprint density at radius 1 is 0.974 bits per heavy atom. The molecule has 9 heteroatoms. The number of amides is 1. The Hall–Kier alpha value is -4.40. The van der Waals surface area contributed by atoms with E-state index in [0.29, 0.717) is 45.0 Å². The van der Waals surface area contributed by atoms with Gasteiger partial charge in [0.15, 0.2) is 10.7 Å². The van der Waals surface area contributed by atoms with Crippen LogP contribution in [0.3, 0.4) is 0 Å². The van der Waals surface area contributed by atoms with Crippen LogP contribution >= 0.6 is 23.8 Å². The number of anilines is 1. The molecule has 3 aromatic carbocycles. The Bertz CT molecular complexity index is 1740. The predicted molar refractivity (Wildman–Crippen MR) is 158 cm³/mol. The van der Waals surface area contributed by atoms with E-state index in [1.807, 2.05) is 74.5 Å². The Morgan fingerprint density at radius 2 is 1.77 bits per heavy atom. The van der Waals surface area contributed by atoms with Crippen LogP contribution in [0.15, 0.2) is 81.6 Å². The lowest BCUT2D eigenvalue weighted by Gasteiger charge is -2.11. The largest absolute Gasteiger partial charge is 0.497 e. The molecule has 5 rings (SSSR count). The molecule has 0 fully saturated rings. The van der Waals surface area contributed by atoms with Gasteiger partial charge >= 0.3 is 0 Å². The molecule has 2 N–H and O–H groups in total. The zero-order valence-electron chi connectivity index (χ0n) is 21.4. The molecule has 0 spiro atoms. The van der Waals surface area contributed by atoms with Crippen molar-refractivity contribution in [2.45, 2.75) is 13.8 Å². The molecule has 39 heavy (non-hydrogen) atoms. The highest BCUT2D eigenvalue weighted by Gasteiger charge is 2.12. The summed E-state index contributed by atoms with van der Waals surface area (Å²) in [4.78, 5) is 17.1. The van der Waals surface area contributed by atoms with Crippen LogP contribution in [0.5, 0.6) is 5.75 Å². The third-order valence-corrected chi connectivity index (χ3v) is 6.66. The first-order chi connectivity index (χ1) is 18.8. The molecule has 0 aliphatic carbocycles. The van der Waals surface area contributed by atoms with Crippen molar-refractivity contribution in [2.24, 2.45) is 0 Å². The normalized spacial score (nSPS) is 11.2. The Labute approximate surface area is 235 Å². The number of carbonyl (C=O) groups excluding carboxylic acids is 1. The van der Waals surface area contributed by atoms with Crippen molar-refractivity contribution in [2.75, 3.05) is 12.4 Å². The molecule has 1 amide bonds. The second kappa shape index (κ2) is 11.1. The summed E-state index contributed by atoms with van der Waals surface area (Å²) >= 11 is 11.6. The summed E-state index contributed by atoms with van der Waals surface area (Å²) in [5, 5.41) is 6.55. The molecule has 0 saturated heterocycles. The number of thiocarbonyl (C=S) groups is 1. The molecule has 0 bridgehead atoms. The molecule has 0 saturated carbocycles. The second-order valence-electron chi connectivity index (χ2n) is 8.83. The van der Waals surface area contributed by atoms with E-state index in [2.05, 4.69) is 15.6 Å². The van der Waals surface area contributed by atoms with Gasteiger partial charge in [-0.15, -0.1) is 0 Å². The number of methoxy groups -OCH3 is 1. The first kappa shape index (κ1) is 26.2. The van der Waals surface area contributed by atoms with Gasteiger partial charge in [0.1, 0.15) is 22.8 Å². The van der Waals surface area contributed by atoms with Crippen molar-refractivity contribution in [3.63, 3.8) is 0 Å². The molecule has 0 aliphatic heterocycles. The molecule has 0 radical (unpaired) electrons. The topological polar surface area (TPSA) is 89.5 Å². The molecule has 0 atom stereocenters. The van der Waals surface area contributed by atoms with E-state index in [4.69, 9.17) is 37.4 Å². The Morgan fingerprint density at radius 3 is 2.56 bits per heavy atom. The number of ether oxygens (including phenoxy) is 1. The van der Waals surface area contributed by atoms with Gasteiger partial charge in [-0.25, -0.2) is 4.98 Å². The van der Waals surface area contributed by atoms with Crippen molar-refractivity contribution < 1.29 is 18.4 Å². The van der Waals surface area contributed by atoms with E-state index < -0.39 is 5.91 Å². The molecule has 196 valence electrons. The minimum absolute atomic E-state index is 0.154. The van der Waals surface area contributed by atoms with Gasteiger partial charge in [-0.05, 0) is 85.7 Å². The van der Waals surface area contributed by atoms with Crippen LogP contribution in [0.25, 0.3) is 40.0 Å². The first-order valence-electron chi connectivity index (χ1n) is 12.0. The van der Waals surface area contributed by atoms with Crippen molar-refractivity contribution in [3.05, 3.63) is 94.7 Å². The Kier molecular flexibility index (Phi) is 7.49. The number of hydrogen-bond donors (Lipinski definition) is 2. The van der Waals surface area contributed by atoms with Gasteiger partial charge in [0.2, 0.25) is 11.8 Å². The number of fused-ring (bicyclic) bond motifs is 1. The average molecular weight is 558 g/mol. The monoisotopic (exact) mass is 557 g/mol. The van der Waals surface area contributed by atoms with Gasteiger partial charge in [-0.1, -0.05) is 29.8 Å². The number of halogens is 1. The number of nitrogens with zero attached hydrogens (tertiary/aromatic N) is 1. The lowest BCUT2D eigenvalue weighted by atomic mass is 10.1. The minimum Gasteiger partial charge on any atom is -0.497 e. The van der Waals surface area contributed by atoms with E-state index in [1.54, 1.807) is 19.3 Å². The van der Waals surface area contributed by atoms with Crippen molar-refractivity contribution in [1.29, 1.82) is 0 Å². The van der Waals surface area contributed by atoms with E-state index in [1.165, 1.54) is 6.08 Å². The summed E-state index contributed by atoms with van der Waals surface area (Å²) in [6.45, 7) is 3.87. The number of aromatic nitrogens is 1. The fourth-order valence-corrected chi connectivity index (χ4v) is 4.25. The standard InChI is InChI=1S/C30H24ClN3O4S/c1-17-4-6-19(14-23(17)31)26-11-8-21(37-26)10-13-28(35)34-30(39)33-24-15-20(7-5-18(24)2)29-32-25-16-22(36-3)9-12-27(25)38-29/h4-16H,1-3H3,(H2,33,34,35,39)/b13-10+. The summed E-state index contributed by atoms with van der Waals surface area (Å²) in [6, 6.07) is 20.5. The van der Waals surface area contributed by atoms with Gasteiger partial charge in [-0.2, -0.15) is 0 Å². The highest BCUT2D eigenvalue weighted by molar-refractivity contribution is 7.80. The number of nitrogens with one attached hydrogen (secondary N) is 2. The lowest BCUT2D eigenvalue weighted by Crippen LogP contribution is -2.33. The molecule has 0 aliphatic rings. The minimum atomic E-state index is -0.398. The van der Waals surface area contributed by atoms with Gasteiger partial charge in [0.25, 0.3) is 0 Å². The van der Waals surface area contributed by atoms with Crippen LogP contribution in [0.2, 0.25) is 5.02 Å². The summed E-state index contributed by atoms with van der Waals surface area (Å²) in [6.07, 6.45) is 2.93. The van der Waals surface area contributed by atoms with Crippen LogP contribution in [0.4, 0.5) is 5.69 Å². The van der Waals surface area contributed by atoms with Crippen LogP contribution < -0.4 is 15.4 Å². The SMILES string of the molecule is COc1ccc2oc(-c3ccc(C)c(NC(=S)NC(=O)/C=C/c4ccc(-c5ccc(C)c(Cl)c5)o4)c3)nc2c1. The quantitative estimate of drug-likeness (QED) is 0.164. The molecule has 0 unspecified atom stereocenters. The Balaban J connectivity index is 1.23. The number of aryl methyl sites for hydroxylation is 2. The third-order valence-electron chi connectivity index (χ3n) is 6.05. The maximum Gasteiger partial charge on any atom is 0.250 e. The van der Waals surface area contributed by atoms with Gasteiger partial charge in [0, 0.05) is 34.0 Å².